The largest absolute Gasteiger partial charge is 0.343 e. The second-order valence-electron chi connectivity index (χ2n) is 4.80. The topological polar surface area (TPSA) is 32.3 Å². The molecule has 1 aliphatic rings. The first-order chi connectivity index (χ1) is 7.13. The van der Waals surface area contributed by atoms with Gasteiger partial charge in [-0.15, -0.1) is 0 Å². The summed E-state index contributed by atoms with van der Waals surface area (Å²) in [6.45, 7) is 8.92. The van der Waals surface area contributed by atoms with Crippen LogP contribution in [0, 0.1) is 5.92 Å². The fraction of sp³-hybridized carbons (Fsp3) is 0.917. The molecule has 88 valence electrons. The maximum absolute atomic E-state index is 11.8. The highest BCUT2D eigenvalue weighted by Crippen LogP contribution is 2.18. The van der Waals surface area contributed by atoms with Crippen molar-refractivity contribution in [3.63, 3.8) is 0 Å². The Hall–Kier alpha value is -0.570. The number of carbonyl (C=O) groups excluding carboxylic acids is 1. The molecule has 0 aromatic heterocycles. The van der Waals surface area contributed by atoms with Crippen LogP contribution in [0.25, 0.3) is 0 Å². The van der Waals surface area contributed by atoms with Crippen LogP contribution < -0.4 is 5.32 Å². The predicted octanol–water partition coefficient (Wildman–Crippen LogP) is 1.63. The smallest absolute Gasteiger partial charge is 0.223 e. The molecule has 0 unspecified atom stereocenters. The first-order valence-corrected chi connectivity index (χ1v) is 6.14. The van der Waals surface area contributed by atoms with Crippen molar-refractivity contribution in [3.8, 4) is 0 Å². The van der Waals surface area contributed by atoms with Gasteiger partial charge in [-0.1, -0.05) is 13.8 Å². The van der Waals surface area contributed by atoms with Crippen molar-refractivity contribution >= 4 is 5.91 Å². The van der Waals surface area contributed by atoms with Crippen LogP contribution in [-0.2, 0) is 4.79 Å². The quantitative estimate of drug-likeness (QED) is 0.695. The van der Waals surface area contributed by atoms with E-state index in [9.17, 15) is 4.79 Å². The van der Waals surface area contributed by atoms with Crippen molar-refractivity contribution in [1.29, 1.82) is 0 Å². The maximum atomic E-state index is 11.8. The summed E-state index contributed by atoms with van der Waals surface area (Å²) >= 11 is 0. The van der Waals surface area contributed by atoms with Crippen LogP contribution in [0.2, 0.25) is 0 Å². The normalized spacial score (nSPS) is 15.7. The summed E-state index contributed by atoms with van der Waals surface area (Å²) in [5.41, 5.74) is 0. The van der Waals surface area contributed by atoms with E-state index in [4.69, 9.17) is 0 Å². The van der Waals surface area contributed by atoms with Crippen LogP contribution >= 0.6 is 0 Å². The number of nitrogens with one attached hydrogen (secondary N) is 1. The van der Waals surface area contributed by atoms with Crippen molar-refractivity contribution in [2.75, 3.05) is 19.6 Å². The first-order valence-electron chi connectivity index (χ1n) is 6.14. The monoisotopic (exact) mass is 212 g/mol. The van der Waals surface area contributed by atoms with Crippen molar-refractivity contribution in [2.24, 2.45) is 5.92 Å². The number of carbonyl (C=O) groups is 1. The minimum absolute atomic E-state index is 0.291. The Kier molecular flexibility index (Phi) is 5.09. The highest BCUT2D eigenvalue weighted by Gasteiger charge is 2.20. The standard InChI is InChI=1S/C12H24N2O/c1-4-14(9-10(2)3)12(15)7-8-13-11-5-6-11/h10-11,13H,4-9H2,1-3H3. The molecule has 0 aromatic carbocycles. The van der Waals surface area contributed by atoms with Crippen LogP contribution in [0.5, 0.6) is 0 Å². The second-order valence-corrected chi connectivity index (χ2v) is 4.80. The molecule has 3 heteroatoms. The first kappa shape index (κ1) is 12.5. The van der Waals surface area contributed by atoms with E-state index in [0.29, 0.717) is 24.3 Å². The fourth-order valence-corrected chi connectivity index (χ4v) is 1.68. The molecule has 3 nitrogen and oxygen atoms in total. The van der Waals surface area contributed by atoms with E-state index in [-0.39, 0.29) is 0 Å². The Morgan fingerprint density at radius 1 is 1.47 bits per heavy atom. The Morgan fingerprint density at radius 3 is 2.60 bits per heavy atom. The lowest BCUT2D eigenvalue weighted by Crippen LogP contribution is -2.36. The van der Waals surface area contributed by atoms with Crippen LogP contribution in [0.4, 0.5) is 0 Å². The molecule has 15 heavy (non-hydrogen) atoms. The third kappa shape index (κ3) is 5.17. The maximum Gasteiger partial charge on any atom is 0.223 e. The lowest BCUT2D eigenvalue weighted by atomic mass is 10.2. The molecule has 1 N–H and O–H groups in total. The van der Waals surface area contributed by atoms with E-state index in [1.807, 2.05) is 4.90 Å². The van der Waals surface area contributed by atoms with Crippen LogP contribution in [-0.4, -0.2) is 36.5 Å². The number of hydrogen-bond donors (Lipinski definition) is 1. The van der Waals surface area contributed by atoms with Crippen molar-refractivity contribution in [2.45, 2.75) is 46.1 Å². The van der Waals surface area contributed by atoms with Gasteiger partial charge in [0.2, 0.25) is 5.91 Å². The average Bonchev–Trinajstić information content (AvgIpc) is 2.97. The molecule has 0 aromatic rings. The van der Waals surface area contributed by atoms with Crippen LogP contribution in [0.3, 0.4) is 0 Å². The minimum atomic E-state index is 0.291. The Morgan fingerprint density at radius 2 is 2.13 bits per heavy atom. The molecule has 0 radical (unpaired) electrons. The molecule has 0 saturated heterocycles. The highest BCUT2D eigenvalue weighted by molar-refractivity contribution is 5.76. The van der Waals surface area contributed by atoms with Gasteiger partial charge in [-0.25, -0.2) is 0 Å². The molecular weight excluding hydrogens is 188 g/mol. The van der Waals surface area contributed by atoms with Gasteiger partial charge in [-0.3, -0.25) is 4.79 Å². The highest BCUT2D eigenvalue weighted by atomic mass is 16.2. The summed E-state index contributed by atoms with van der Waals surface area (Å²) < 4.78 is 0. The van der Waals surface area contributed by atoms with E-state index in [2.05, 4.69) is 26.1 Å². The van der Waals surface area contributed by atoms with E-state index in [1.165, 1.54) is 12.8 Å². The summed E-state index contributed by atoms with van der Waals surface area (Å²) in [7, 11) is 0. The summed E-state index contributed by atoms with van der Waals surface area (Å²) in [4.78, 5) is 13.8. The Labute approximate surface area is 93.2 Å². The van der Waals surface area contributed by atoms with Crippen molar-refractivity contribution in [3.05, 3.63) is 0 Å². The lowest BCUT2D eigenvalue weighted by molar-refractivity contribution is -0.131. The molecule has 0 atom stereocenters. The van der Waals surface area contributed by atoms with Gasteiger partial charge in [-0.2, -0.15) is 0 Å². The number of amides is 1. The fourth-order valence-electron chi connectivity index (χ4n) is 1.68. The van der Waals surface area contributed by atoms with E-state index in [1.54, 1.807) is 0 Å². The zero-order chi connectivity index (χ0) is 11.3. The number of rotatable bonds is 7. The van der Waals surface area contributed by atoms with Gasteiger partial charge < -0.3 is 10.2 Å². The summed E-state index contributed by atoms with van der Waals surface area (Å²) in [6, 6.07) is 0.706. The number of hydrogen-bond acceptors (Lipinski definition) is 2. The van der Waals surface area contributed by atoms with Gasteiger partial charge in [0.15, 0.2) is 0 Å². The zero-order valence-electron chi connectivity index (χ0n) is 10.3. The predicted molar refractivity (Wildman–Crippen MR) is 62.7 cm³/mol. The van der Waals surface area contributed by atoms with E-state index < -0.39 is 0 Å². The molecule has 1 amide bonds. The van der Waals surface area contributed by atoms with Gasteiger partial charge in [0.25, 0.3) is 0 Å². The van der Waals surface area contributed by atoms with Crippen LogP contribution in [0.15, 0.2) is 0 Å². The number of nitrogens with zero attached hydrogens (tertiary/aromatic N) is 1. The molecule has 1 fully saturated rings. The summed E-state index contributed by atoms with van der Waals surface area (Å²) in [5, 5.41) is 3.37. The molecule has 1 saturated carbocycles. The molecule has 1 rings (SSSR count). The molecule has 0 spiro atoms. The molecule has 0 aliphatic heterocycles. The van der Waals surface area contributed by atoms with Crippen molar-refractivity contribution in [1.82, 2.24) is 10.2 Å². The Bertz CT molecular complexity index is 200. The van der Waals surface area contributed by atoms with Gasteiger partial charge in [0, 0.05) is 32.1 Å². The molecule has 1 aliphatic carbocycles. The van der Waals surface area contributed by atoms with Crippen molar-refractivity contribution < 1.29 is 4.79 Å². The third-order valence-electron chi connectivity index (χ3n) is 2.67. The van der Waals surface area contributed by atoms with Gasteiger partial charge in [-0.05, 0) is 25.7 Å². The lowest BCUT2D eigenvalue weighted by Gasteiger charge is -2.23. The third-order valence-corrected chi connectivity index (χ3v) is 2.67. The van der Waals surface area contributed by atoms with Crippen LogP contribution in [0.1, 0.15) is 40.0 Å². The van der Waals surface area contributed by atoms with Gasteiger partial charge in [0.1, 0.15) is 0 Å². The zero-order valence-corrected chi connectivity index (χ0v) is 10.3. The summed E-state index contributed by atoms with van der Waals surface area (Å²) in [6.07, 6.45) is 3.23. The molecular formula is C12H24N2O. The summed E-state index contributed by atoms with van der Waals surface area (Å²) in [5.74, 6) is 0.852. The van der Waals surface area contributed by atoms with Gasteiger partial charge in [0.05, 0.1) is 0 Å². The Balaban J connectivity index is 2.15. The SMILES string of the molecule is CCN(CC(C)C)C(=O)CCNC1CC1. The van der Waals surface area contributed by atoms with E-state index in [0.717, 1.165) is 19.6 Å². The second kappa shape index (κ2) is 6.11. The molecule has 0 bridgehead atoms. The van der Waals surface area contributed by atoms with E-state index >= 15 is 0 Å². The minimum Gasteiger partial charge on any atom is -0.343 e. The van der Waals surface area contributed by atoms with Gasteiger partial charge >= 0.3 is 0 Å². The molecule has 0 heterocycles. The average molecular weight is 212 g/mol.